The zero-order valence-electron chi connectivity index (χ0n) is 16.8. The monoisotopic (exact) mass is 401 g/mol. The number of amides is 1. The van der Waals surface area contributed by atoms with Gasteiger partial charge in [0.2, 0.25) is 0 Å². The van der Waals surface area contributed by atoms with E-state index in [1.165, 1.54) is 0 Å². The Morgan fingerprint density at radius 2 is 2.03 bits per heavy atom. The molecule has 6 heteroatoms. The Balaban J connectivity index is 1.60. The van der Waals surface area contributed by atoms with Gasteiger partial charge in [0.1, 0.15) is 11.4 Å². The van der Waals surface area contributed by atoms with Crippen molar-refractivity contribution in [2.45, 2.75) is 18.9 Å². The molecule has 1 amide bonds. The van der Waals surface area contributed by atoms with Crippen LogP contribution in [0.1, 0.15) is 23.3 Å². The fraction of sp³-hybridized carbons (Fsp3) is 0.250. The van der Waals surface area contributed by atoms with Gasteiger partial charge in [-0.2, -0.15) is 0 Å². The molecule has 3 heterocycles. The maximum absolute atomic E-state index is 12.9. The summed E-state index contributed by atoms with van der Waals surface area (Å²) in [5.74, 6) is 0.588. The van der Waals surface area contributed by atoms with E-state index >= 15 is 0 Å². The number of nitrogens with zero attached hydrogens (tertiary/aromatic N) is 1. The van der Waals surface area contributed by atoms with Gasteiger partial charge in [-0.1, -0.05) is 18.2 Å². The number of H-pyrrole nitrogens is 1. The van der Waals surface area contributed by atoms with E-state index in [9.17, 15) is 4.79 Å². The number of nitrogens with one attached hydrogen (secondary N) is 2. The Morgan fingerprint density at radius 3 is 2.80 bits per heavy atom. The lowest BCUT2D eigenvalue weighted by Crippen LogP contribution is -2.32. The Kier molecular flexibility index (Phi) is 4.85. The molecule has 0 saturated carbocycles. The highest BCUT2D eigenvalue weighted by Gasteiger charge is 2.20. The van der Waals surface area contributed by atoms with Gasteiger partial charge in [0.15, 0.2) is 0 Å². The van der Waals surface area contributed by atoms with E-state index < -0.39 is 0 Å². The minimum Gasteiger partial charge on any atom is -0.497 e. The molecular formula is C24H23N3O3. The van der Waals surface area contributed by atoms with Crippen LogP contribution in [0.15, 0.2) is 54.6 Å². The summed E-state index contributed by atoms with van der Waals surface area (Å²) >= 11 is 0. The van der Waals surface area contributed by atoms with Gasteiger partial charge in [-0.15, -0.1) is 0 Å². The average molecular weight is 401 g/mol. The summed E-state index contributed by atoms with van der Waals surface area (Å²) in [5.41, 5.74) is 3.99. The Hall–Kier alpha value is -3.38. The van der Waals surface area contributed by atoms with E-state index in [0.717, 1.165) is 58.3 Å². The highest BCUT2D eigenvalue weighted by atomic mass is 16.5. The molecule has 2 aromatic heterocycles. The van der Waals surface area contributed by atoms with Gasteiger partial charge in [-0.05, 0) is 49.2 Å². The van der Waals surface area contributed by atoms with Crippen molar-refractivity contribution in [3.63, 3.8) is 0 Å². The van der Waals surface area contributed by atoms with Crippen LogP contribution in [0.3, 0.4) is 0 Å². The number of fused-ring (bicyclic) bond motifs is 3. The van der Waals surface area contributed by atoms with Crippen LogP contribution in [0.5, 0.6) is 5.75 Å². The summed E-state index contributed by atoms with van der Waals surface area (Å²) in [7, 11) is 1.64. The second-order valence-electron chi connectivity index (χ2n) is 7.52. The zero-order chi connectivity index (χ0) is 20.5. The third kappa shape index (κ3) is 3.39. The van der Waals surface area contributed by atoms with Crippen molar-refractivity contribution in [3.8, 4) is 17.0 Å². The summed E-state index contributed by atoms with van der Waals surface area (Å²) in [6, 6.07) is 17.7. The van der Waals surface area contributed by atoms with E-state index in [1.807, 2.05) is 48.5 Å². The predicted octanol–water partition coefficient (Wildman–Crippen LogP) is 4.30. The highest BCUT2D eigenvalue weighted by molar-refractivity contribution is 6.13. The molecule has 30 heavy (non-hydrogen) atoms. The van der Waals surface area contributed by atoms with Crippen molar-refractivity contribution in [2.24, 2.45) is 0 Å². The molecule has 0 radical (unpaired) electrons. The van der Waals surface area contributed by atoms with Gasteiger partial charge in [0, 0.05) is 35.0 Å². The fourth-order valence-electron chi connectivity index (χ4n) is 4.02. The highest BCUT2D eigenvalue weighted by Crippen LogP contribution is 2.33. The molecule has 1 aliphatic heterocycles. The number of rotatable bonds is 5. The summed E-state index contributed by atoms with van der Waals surface area (Å²) in [5, 5.41) is 5.03. The van der Waals surface area contributed by atoms with E-state index in [1.54, 1.807) is 7.11 Å². The van der Waals surface area contributed by atoms with Crippen LogP contribution in [-0.4, -0.2) is 42.2 Å². The maximum atomic E-state index is 12.9. The SMILES string of the molecule is COc1ccc(-c2nc(C(=O)NC[C@@H]3CCCO3)cc3c2[nH]c2ccccc23)cc1. The Morgan fingerprint density at radius 1 is 1.20 bits per heavy atom. The average Bonchev–Trinajstić information content (AvgIpc) is 3.44. The normalized spacial score (nSPS) is 16.2. The van der Waals surface area contributed by atoms with Crippen LogP contribution < -0.4 is 10.1 Å². The van der Waals surface area contributed by atoms with Crippen LogP contribution in [0.4, 0.5) is 0 Å². The van der Waals surface area contributed by atoms with Crippen molar-refractivity contribution < 1.29 is 14.3 Å². The number of aromatic nitrogens is 2. The van der Waals surface area contributed by atoms with Gasteiger partial charge in [-0.3, -0.25) is 4.79 Å². The number of aromatic amines is 1. The van der Waals surface area contributed by atoms with E-state index in [2.05, 4.69) is 16.4 Å². The molecule has 152 valence electrons. The van der Waals surface area contributed by atoms with Crippen molar-refractivity contribution in [2.75, 3.05) is 20.3 Å². The van der Waals surface area contributed by atoms with Gasteiger partial charge in [0.25, 0.3) is 5.91 Å². The molecule has 0 unspecified atom stereocenters. The number of ether oxygens (including phenoxy) is 2. The molecule has 5 rings (SSSR count). The second-order valence-corrected chi connectivity index (χ2v) is 7.52. The minimum atomic E-state index is -0.188. The number of hydrogen-bond donors (Lipinski definition) is 2. The fourth-order valence-corrected chi connectivity index (χ4v) is 4.02. The van der Waals surface area contributed by atoms with E-state index in [4.69, 9.17) is 14.5 Å². The third-order valence-corrected chi connectivity index (χ3v) is 5.61. The van der Waals surface area contributed by atoms with Crippen LogP contribution >= 0.6 is 0 Å². The summed E-state index contributed by atoms with van der Waals surface area (Å²) in [6.07, 6.45) is 2.11. The van der Waals surface area contributed by atoms with Crippen molar-refractivity contribution in [3.05, 3.63) is 60.3 Å². The lowest BCUT2D eigenvalue weighted by Gasteiger charge is -2.12. The number of methoxy groups -OCH3 is 1. The smallest absolute Gasteiger partial charge is 0.270 e. The number of carbonyl (C=O) groups excluding carboxylic acids is 1. The van der Waals surface area contributed by atoms with Crippen molar-refractivity contribution >= 4 is 27.7 Å². The summed E-state index contributed by atoms with van der Waals surface area (Å²) < 4.78 is 10.9. The van der Waals surface area contributed by atoms with Crippen LogP contribution in [-0.2, 0) is 4.74 Å². The molecule has 0 spiro atoms. The number of hydrogen-bond acceptors (Lipinski definition) is 4. The number of para-hydroxylation sites is 1. The van der Waals surface area contributed by atoms with Crippen molar-refractivity contribution in [1.82, 2.24) is 15.3 Å². The lowest BCUT2D eigenvalue weighted by molar-refractivity contribution is 0.0854. The Bertz CT molecular complexity index is 1210. The van der Waals surface area contributed by atoms with Gasteiger partial charge >= 0.3 is 0 Å². The first-order chi connectivity index (χ1) is 14.7. The predicted molar refractivity (Wildman–Crippen MR) is 117 cm³/mol. The standard InChI is InChI=1S/C24H23N3O3/c1-29-16-10-8-15(9-11-16)22-23-19(18-6-2-3-7-20(18)26-23)13-21(27-22)24(28)25-14-17-5-4-12-30-17/h2-3,6-11,13,17,26H,4-5,12,14H2,1H3,(H,25,28)/t17-/m0/s1. The third-order valence-electron chi connectivity index (χ3n) is 5.61. The molecule has 0 bridgehead atoms. The molecule has 1 fully saturated rings. The molecule has 1 saturated heterocycles. The molecule has 1 atom stereocenters. The molecular weight excluding hydrogens is 378 g/mol. The molecule has 0 aliphatic carbocycles. The van der Waals surface area contributed by atoms with Crippen LogP contribution in [0.25, 0.3) is 33.1 Å². The first kappa shape index (κ1) is 18.6. The summed E-state index contributed by atoms with van der Waals surface area (Å²) in [6.45, 7) is 1.27. The second kappa shape index (κ2) is 7.80. The van der Waals surface area contributed by atoms with Crippen LogP contribution in [0, 0.1) is 0 Å². The zero-order valence-corrected chi connectivity index (χ0v) is 16.8. The lowest BCUT2D eigenvalue weighted by atomic mass is 10.1. The van der Waals surface area contributed by atoms with E-state index in [-0.39, 0.29) is 12.0 Å². The summed E-state index contributed by atoms with van der Waals surface area (Å²) in [4.78, 5) is 21.1. The number of benzene rings is 2. The Labute approximate surface area is 174 Å². The van der Waals surface area contributed by atoms with Crippen molar-refractivity contribution in [1.29, 1.82) is 0 Å². The number of pyridine rings is 1. The molecule has 1 aliphatic rings. The molecule has 6 nitrogen and oxygen atoms in total. The van der Waals surface area contributed by atoms with Crippen LogP contribution in [0.2, 0.25) is 0 Å². The molecule has 4 aromatic rings. The number of carbonyl (C=O) groups is 1. The first-order valence-corrected chi connectivity index (χ1v) is 10.2. The maximum Gasteiger partial charge on any atom is 0.270 e. The van der Waals surface area contributed by atoms with Gasteiger partial charge in [0.05, 0.1) is 24.4 Å². The van der Waals surface area contributed by atoms with E-state index in [0.29, 0.717) is 12.2 Å². The minimum absolute atomic E-state index is 0.0897. The van der Waals surface area contributed by atoms with Gasteiger partial charge in [-0.25, -0.2) is 4.98 Å². The quantitative estimate of drug-likeness (QED) is 0.523. The van der Waals surface area contributed by atoms with Gasteiger partial charge < -0.3 is 19.8 Å². The first-order valence-electron chi connectivity index (χ1n) is 10.2. The molecule has 2 aromatic carbocycles. The largest absolute Gasteiger partial charge is 0.497 e. The molecule has 2 N–H and O–H groups in total. The topological polar surface area (TPSA) is 76.2 Å².